The summed E-state index contributed by atoms with van der Waals surface area (Å²) in [4.78, 5) is 16.2. The molecule has 2 aromatic carbocycles. The Balaban J connectivity index is 1.64. The van der Waals surface area contributed by atoms with E-state index in [0.29, 0.717) is 17.3 Å². The number of fused-ring (bicyclic) bond motifs is 1. The summed E-state index contributed by atoms with van der Waals surface area (Å²) >= 11 is 0. The fraction of sp³-hybridized carbons (Fsp3) is 0. The maximum absolute atomic E-state index is 9.37. The molecule has 4 rings (SSSR count). The number of phenolic OH excluding ortho intramolecular Hbond substituents is 1. The zero-order valence-electron chi connectivity index (χ0n) is 13.2. The number of aromatic nitrogens is 4. The predicted molar refractivity (Wildman–Crippen MR) is 98.4 cm³/mol. The second-order valence-corrected chi connectivity index (χ2v) is 5.46. The number of nitrogens with zero attached hydrogens (tertiary/aromatic N) is 3. The molecule has 122 valence electrons. The molecule has 2 aromatic heterocycles. The van der Waals surface area contributed by atoms with Crippen molar-refractivity contribution in [3.8, 4) is 5.75 Å². The summed E-state index contributed by atoms with van der Waals surface area (Å²) in [5.74, 6) is 1.55. The summed E-state index contributed by atoms with van der Waals surface area (Å²) in [7, 11) is 0. The van der Waals surface area contributed by atoms with Gasteiger partial charge < -0.3 is 15.4 Å². The van der Waals surface area contributed by atoms with Crippen LogP contribution in [0.3, 0.4) is 0 Å². The SMILES string of the molecule is Oc1ccc(Nc2ncnc3nc(C=Cc4ccccc4)[nH]c23)cc1. The summed E-state index contributed by atoms with van der Waals surface area (Å²) in [6.07, 6.45) is 5.36. The minimum absolute atomic E-state index is 0.216. The maximum atomic E-state index is 9.37. The Hall–Kier alpha value is -3.67. The van der Waals surface area contributed by atoms with E-state index in [2.05, 4.69) is 25.3 Å². The van der Waals surface area contributed by atoms with Crippen molar-refractivity contribution >= 4 is 34.8 Å². The fourth-order valence-corrected chi connectivity index (χ4v) is 2.44. The first-order chi connectivity index (χ1) is 12.3. The Morgan fingerprint density at radius 2 is 1.72 bits per heavy atom. The number of imidazole rings is 1. The van der Waals surface area contributed by atoms with Gasteiger partial charge in [-0.25, -0.2) is 15.0 Å². The molecule has 0 unspecified atom stereocenters. The Morgan fingerprint density at radius 1 is 0.920 bits per heavy atom. The zero-order valence-corrected chi connectivity index (χ0v) is 13.2. The molecule has 0 radical (unpaired) electrons. The van der Waals surface area contributed by atoms with Gasteiger partial charge in [0.05, 0.1) is 0 Å². The van der Waals surface area contributed by atoms with Crippen LogP contribution >= 0.6 is 0 Å². The van der Waals surface area contributed by atoms with Gasteiger partial charge in [0.2, 0.25) is 0 Å². The highest BCUT2D eigenvalue weighted by atomic mass is 16.3. The summed E-state index contributed by atoms with van der Waals surface area (Å²) in [5, 5.41) is 12.6. The molecule has 0 saturated heterocycles. The molecule has 0 atom stereocenters. The minimum Gasteiger partial charge on any atom is -0.508 e. The van der Waals surface area contributed by atoms with Crippen molar-refractivity contribution in [2.45, 2.75) is 0 Å². The van der Waals surface area contributed by atoms with Gasteiger partial charge in [-0.15, -0.1) is 0 Å². The van der Waals surface area contributed by atoms with Gasteiger partial charge in [-0.1, -0.05) is 36.4 Å². The van der Waals surface area contributed by atoms with E-state index in [1.54, 1.807) is 24.3 Å². The van der Waals surface area contributed by atoms with Crippen LogP contribution in [0.25, 0.3) is 23.3 Å². The minimum atomic E-state index is 0.216. The van der Waals surface area contributed by atoms with Gasteiger partial charge in [0.1, 0.15) is 23.4 Å². The van der Waals surface area contributed by atoms with Crippen molar-refractivity contribution < 1.29 is 5.11 Å². The van der Waals surface area contributed by atoms with Gasteiger partial charge in [0.25, 0.3) is 0 Å². The van der Waals surface area contributed by atoms with E-state index < -0.39 is 0 Å². The lowest BCUT2D eigenvalue weighted by Crippen LogP contribution is -1.95. The normalized spacial score (nSPS) is 11.2. The molecular weight excluding hydrogens is 314 g/mol. The fourth-order valence-electron chi connectivity index (χ4n) is 2.44. The second kappa shape index (κ2) is 6.45. The Kier molecular flexibility index (Phi) is 3.84. The standard InChI is InChI=1S/C19H15N5O/c25-15-9-7-14(8-10-15)22-18-17-19(21-12-20-18)24-16(23-17)11-6-13-4-2-1-3-5-13/h1-12,25H,(H2,20,21,22,23,24). The number of phenols is 1. The van der Waals surface area contributed by atoms with E-state index >= 15 is 0 Å². The lowest BCUT2D eigenvalue weighted by molar-refractivity contribution is 0.475. The van der Waals surface area contributed by atoms with E-state index in [0.717, 1.165) is 16.8 Å². The molecule has 6 nitrogen and oxygen atoms in total. The van der Waals surface area contributed by atoms with Crippen molar-refractivity contribution in [3.05, 3.63) is 72.3 Å². The molecular formula is C19H15N5O. The van der Waals surface area contributed by atoms with Crippen LogP contribution in [0.15, 0.2) is 60.9 Å². The lowest BCUT2D eigenvalue weighted by Gasteiger charge is -2.05. The van der Waals surface area contributed by atoms with Gasteiger partial charge >= 0.3 is 0 Å². The maximum Gasteiger partial charge on any atom is 0.183 e. The average molecular weight is 329 g/mol. The summed E-state index contributed by atoms with van der Waals surface area (Å²) in [6, 6.07) is 16.8. The van der Waals surface area contributed by atoms with Gasteiger partial charge in [0.15, 0.2) is 11.5 Å². The number of aromatic hydroxyl groups is 1. The van der Waals surface area contributed by atoms with Crippen molar-refractivity contribution in [1.29, 1.82) is 0 Å². The Labute approximate surface area is 143 Å². The van der Waals surface area contributed by atoms with Crippen LogP contribution in [0, 0.1) is 0 Å². The van der Waals surface area contributed by atoms with Crippen molar-refractivity contribution in [2.24, 2.45) is 0 Å². The number of rotatable bonds is 4. The number of H-pyrrole nitrogens is 1. The molecule has 0 saturated carbocycles. The van der Waals surface area contributed by atoms with Crippen LogP contribution in [0.1, 0.15) is 11.4 Å². The molecule has 0 aliphatic heterocycles. The molecule has 6 heteroatoms. The number of anilines is 2. The molecule has 0 spiro atoms. The van der Waals surface area contributed by atoms with Crippen LogP contribution in [0.5, 0.6) is 5.75 Å². The zero-order chi connectivity index (χ0) is 17.1. The molecule has 0 fully saturated rings. The monoisotopic (exact) mass is 329 g/mol. The number of hydrogen-bond acceptors (Lipinski definition) is 5. The van der Waals surface area contributed by atoms with Crippen LogP contribution < -0.4 is 5.32 Å². The molecule has 4 aromatic rings. The lowest BCUT2D eigenvalue weighted by atomic mass is 10.2. The van der Waals surface area contributed by atoms with Crippen molar-refractivity contribution in [1.82, 2.24) is 19.9 Å². The van der Waals surface area contributed by atoms with E-state index in [1.807, 2.05) is 42.5 Å². The molecule has 0 bridgehead atoms. The van der Waals surface area contributed by atoms with E-state index in [-0.39, 0.29) is 5.75 Å². The van der Waals surface area contributed by atoms with Gasteiger partial charge in [-0.05, 0) is 35.9 Å². The van der Waals surface area contributed by atoms with E-state index in [4.69, 9.17) is 0 Å². The van der Waals surface area contributed by atoms with E-state index in [1.165, 1.54) is 6.33 Å². The third-order valence-electron chi connectivity index (χ3n) is 3.67. The highest BCUT2D eigenvalue weighted by Crippen LogP contribution is 2.23. The quantitative estimate of drug-likeness (QED) is 0.493. The molecule has 0 aliphatic rings. The summed E-state index contributed by atoms with van der Waals surface area (Å²) < 4.78 is 0. The number of hydrogen-bond donors (Lipinski definition) is 3. The van der Waals surface area contributed by atoms with Crippen LogP contribution in [0.4, 0.5) is 11.5 Å². The molecule has 2 heterocycles. The molecule has 0 aliphatic carbocycles. The summed E-state index contributed by atoms with van der Waals surface area (Å²) in [6.45, 7) is 0. The van der Waals surface area contributed by atoms with Crippen LogP contribution in [-0.4, -0.2) is 25.0 Å². The van der Waals surface area contributed by atoms with Crippen molar-refractivity contribution in [3.63, 3.8) is 0 Å². The first-order valence-electron chi connectivity index (χ1n) is 7.78. The topological polar surface area (TPSA) is 86.7 Å². The van der Waals surface area contributed by atoms with E-state index in [9.17, 15) is 5.11 Å². The number of benzene rings is 2. The summed E-state index contributed by atoms with van der Waals surface area (Å²) in [5.41, 5.74) is 3.22. The first-order valence-corrected chi connectivity index (χ1v) is 7.78. The second-order valence-electron chi connectivity index (χ2n) is 5.46. The highest BCUT2D eigenvalue weighted by molar-refractivity contribution is 5.86. The van der Waals surface area contributed by atoms with Crippen LogP contribution in [0.2, 0.25) is 0 Å². The molecule has 0 amide bonds. The number of aromatic amines is 1. The van der Waals surface area contributed by atoms with Gasteiger partial charge in [-0.2, -0.15) is 0 Å². The Bertz CT molecular complexity index is 1020. The smallest absolute Gasteiger partial charge is 0.183 e. The Morgan fingerprint density at radius 3 is 2.52 bits per heavy atom. The van der Waals surface area contributed by atoms with Crippen molar-refractivity contribution in [2.75, 3.05) is 5.32 Å². The highest BCUT2D eigenvalue weighted by Gasteiger charge is 2.08. The molecule has 3 N–H and O–H groups in total. The van der Waals surface area contributed by atoms with Gasteiger partial charge in [0, 0.05) is 5.69 Å². The third kappa shape index (κ3) is 3.32. The first kappa shape index (κ1) is 14.9. The number of nitrogens with one attached hydrogen (secondary N) is 2. The van der Waals surface area contributed by atoms with Crippen LogP contribution in [-0.2, 0) is 0 Å². The predicted octanol–water partition coefficient (Wildman–Crippen LogP) is 3.97. The van der Waals surface area contributed by atoms with Gasteiger partial charge in [-0.3, -0.25) is 0 Å². The largest absolute Gasteiger partial charge is 0.508 e. The third-order valence-corrected chi connectivity index (χ3v) is 3.67. The average Bonchev–Trinajstić information content (AvgIpc) is 3.07. The molecule has 25 heavy (non-hydrogen) atoms.